The lowest BCUT2D eigenvalue weighted by atomic mass is 9.76. The summed E-state index contributed by atoms with van der Waals surface area (Å²) in [5, 5.41) is 4.84. The summed E-state index contributed by atoms with van der Waals surface area (Å²) < 4.78 is 0. The zero-order valence-corrected chi connectivity index (χ0v) is 13.2. The Hall–Kier alpha value is -0.410. The van der Waals surface area contributed by atoms with Gasteiger partial charge in [-0.2, -0.15) is 0 Å². The van der Waals surface area contributed by atoms with Gasteiger partial charge in [-0.25, -0.2) is 4.98 Å². The molecule has 0 amide bonds. The predicted octanol–water partition coefficient (Wildman–Crippen LogP) is 4.28. The largest absolute Gasteiger partial charge is 0.312 e. The summed E-state index contributed by atoms with van der Waals surface area (Å²) in [7, 11) is 2.08. The van der Waals surface area contributed by atoms with Crippen molar-refractivity contribution in [3.63, 3.8) is 0 Å². The second kappa shape index (κ2) is 5.30. The number of nitrogens with zero attached hydrogens (tertiary/aromatic N) is 1. The molecule has 0 aliphatic heterocycles. The van der Waals surface area contributed by atoms with Gasteiger partial charge in [0.15, 0.2) is 0 Å². The van der Waals surface area contributed by atoms with Crippen LogP contribution in [0.1, 0.15) is 74.5 Å². The molecule has 1 N–H and O–H groups in total. The van der Waals surface area contributed by atoms with Crippen LogP contribution >= 0.6 is 11.3 Å². The Labute approximate surface area is 115 Å². The summed E-state index contributed by atoms with van der Waals surface area (Å²) in [4.78, 5) is 6.46. The maximum absolute atomic E-state index is 4.97. The summed E-state index contributed by atoms with van der Waals surface area (Å²) in [5.74, 6) is 0.654. The molecule has 1 atom stereocenters. The fourth-order valence-electron chi connectivity index (χ4n) is 3.00. The van der Waals surface area contributed by atoms with E-state index in [2.05, 4.69) is 40.1 Å². The Morgan fingerprint density at radius 2 is 2.06 bits per heavy atom. The predicted molar refractivity (Wildman–Crippen MR) is 79.3 cm³/mol. The van der Waals surface area contributed by atoms with Crippen molar-refractivity contribution >= 4 is 11.3 Å². The van der Waals surface area contributed by atoms with Gasteiger partial charge in [0.1, 0.15) is 0 Å². The quantitative estimate of drug-likeness (QED) is 0.880. The highest BCUT2D eigenvalue weighted by Crippen LogP contribution is 2.44. The van der Waals surface area contributed by atoms with Crippen LogP contribution in [0.3, 0.4) is 0 Å². The first-order valence-corrected chi connectivity index (χ1v) is 7.99. The van der Waals surface area contributed by atoms with E-state index in [4.69, 9.17) is 4.98 Å². The smallest absolute Gasteiger partial charge is 0.0962 e. The van der Waals surface area contributed by atoms with Crippen LogP contribution in [0.5, 0.6) is 0 Å². The molecule has 1 aromatic rings. The molecule has 1 aliphatic carbocycles. The number of nitrogens with one attached hydrogen (secondary N) is 1. The van der Waals surface area contributed by atoms with Crippen molar-refractivity contribution in [3.05, 3.63) is 15.6 Å². The fourth-order valence-corrected chi connectivity index (χ4v) is 4.46. The van der Waals surface area contributed by atoms with Crippen LogP contribution in [-0.2, 0) is 6.42 Å². The zero-order chi connectivity index (χ0) is 13.3. The van der Waals surface area contributed by atoms with Gasteiger partial charge in [-0.1, -0.05) is 27.7 Å². The average Bonchev–Trinajstić information content (AvgIpc) is 2.71. The van der Waals surface area contributed by atoms with Crippen molar-refractivity contribution in [1.82, 2.24) is 10.3 Å². The molecule has 0 spiro atoms. The molecule has 0 radical (unpaired) electrons. The molecule has 1 aliphatic rings. The highest BCUT2D eigenvalue weighted by Gasteiger charge is 2.34. The number of thiazole rings is 1. The standard InChI is InChI=1S/C15H26N2S/c1-6-10(7-2)14-17-12-9-15(3,4)8-11(16-5)13(12)18-14/h10-11,16H,6-9H2,1-5H3. The molecule has 18 heavy (non-hydrogen) atoms. The van der Waals surface area contributed by atoms with E-state index in [1.807, 2.05) is 11.3 Å². The summed E-state index contributed by atoms with van der Waals surface area (Å²) in [6.45, 7) is 9.26. The monoisotopic (exact) mass is 266 g/mol. The number of hydrogen-bond donors (Lipinski definition) is 1. The van der Waals surface area contributed by atoms with E-state index in [-0.39, 0.29) is 0 Å². The second-order valence-electron chi connectivity index (χ2n) is 6.26. The summed E-state index contributed by atoms with van der Waals surface area (Å²) in [6, 6.07) is 0.504. The van der Waals surface area contributed by atoms with Crippen molar-refractivity contribution in [2.24, 2.45) is 5.41 Å². The minimum absolute atomic E-state index is 0.375. The normalized spacial score (nSPS) is 22.2. The first-order chi connectivity index (χ1) is 8.50. The molecule has 0 aromatic carbocycles. The lowest BCUT2D eigenvalue weighted by Gasteiger charge is -2.34. The summed E-state index contributed by atoms with van der Waals surface area (Å²) in [6.07, 6.45) is 4.77. The number of fused-ring (bicyclic) bond motifs is 1. The number of rotatable bonds is 4. The minimum atomic E-state index is 0.375. The van der Waals surface area contributed by atoms with Gasteiger partial charge in [-0.3, -0.25) is 0 Å². The van der Waals surface area contributed by atoms with Gasteiger partial charge in [0, 0.05) is 16.8 Å². The van der Waals surface area contributed by atoms with Crippen molar-refractivity contribution in [2.75, 3.05) is 7.05 Å². The van der Waals surface area contributed by atoms with E-state index in [1.54, 1.807) is 0 Å². The van der Waals surface area contributed by atoms with Crippen LogP contribution in [0, 0.1) is 5.41 Å². The van der Waals surface area contributed by atoms with Crippen LogP contribution in [0.25, 0.3) is 0 Å². The summed E-state index contributed by atoms with van der Waals surface area (Å²) in [5.41, 5.74) is 1.73. The van der Waals surface area contributed by atoms with E-state index in [0.29, 0.717) is 17.4 Å². The van der Waals surface area contributed by atoms with E-state index >= 15 is 0 Å². The first-order valence-electron chi connectivity index (χ1n) is 7.17. The van der Waals surface area contributed by atoms with Gasteiger partial charge in [0.05, 0.1) is 10.7 Å². The van der Waals surface area contributed by atoms with Gasteiger partial charge in [-0.15, -0.1) is 11.3 Å². The zero-order valence-electron chi connectivity index (χ0n) is 12.3. The van der Waals surface area contributed by atoms with Gasteiger partial charge >= 0.3 is 0 Å². The third-order valence-corrected chi connectivity index (χ3v) is 5.52. The van der Waals surface area contributed by atoms with E-state index in [9.17, 15) is 0 Å². The molecular weight excluding hydrogens is 240 g/mol. The van der Waals surface area contributed by atoms with Gasteiger partial charge in [0.25, 0.3) is 0 Å². The van der Waals surface area contributed by atoms with Crippen molar-refractivity contribution in [2.45, 2.75) is 65.3 Å². The molecule has 0 saturated carbocycles. The first kappa shape index (κ1) is 14.0. The van der Waals surface area contributed by atoms with E-state index in [1.165, 1.54) is 34.8 Å². The van der Waals surface area contributed by atoms with Crippen LogP contribution in [0.2, 0.25) is 0 Å². The summed E-state index contributed by atoms with van der Waals surface area (Å²) >= 11 is 1.95. The molecule has 2 nitrogen and oxygen atoms in total. The SMILES string of the molecule is CCC(CC)c1nc2c(s1)C(NC)CC(C)(C)C2. The van der Waals surface area contributed by atoms with Crippen molar-refractivity contribution in [3.8, 4) is 0 Å². The lowest BCUT2D eigenvalue weighted by Crippen LogP contribution is -2.30. The van der Waals surface area contributed by atoms with Crippen molar-refractivity contribution in [1.29, 1.82) is 0 Å². The average molecular weight is 266 g/mol. The maximum atomic E-state index is 4.97. The Kier molecular flexibility index (Phi) is 4.12. The molecule has 2 rings (SSSR count). The fraction of sp³-hybridized carbons (Fsp3) is 0.800. The molecule has 102 valence electrons. The highest BCUT2D eigenvalue weighted by molar-refractivity contribution is 7.12. The highest BCUT2D eigenvalue weighted by atomic mass is 32.1. The van der Waals surface area contributed by atoms with Crippen LogP contribution < -0.4 is 5.32 Å². The van der Waals surface area contributed by atoms with Gasteiger partial charge in [0.2, 0.25) is 0 Å². The van der Waals surface area contributed by atoms with E-state index < -0.39 is 0 Å². The Morgan fingerprint density at radius 1 is 1.39 bits per heavy atom. The Morgan fingerprint density at radius 3 is 2.61 bits per heavy atom. The van der Waals surface area contributed by atoms with Crippen LogP contribution in [-0.4, -0.2) is 12.0 Å². The number of hydrogen-bond acceptors (Lipinski definition) is 3. The molecular formula is C15H26N2S. The lowest BCUT2D eigenvalue weighted by molar-refractivity contribution is 0.265. The molecule has 1 unspecified atom stereocenters. The molecule has 0 fully saturated rings. The molecule has 1 heterocycles. The molecule has 0 saturated heterocycles. The molecule has 1 aromatic heterocycles. The van der Waals surface area contributed by atoms with Gasteiger partial charge in [-0.05, 0) is 38.1 Å². The van der Waals surface area contributed by atoms with Crippen LogP contribution in [0.15, 0.2) is 0 Å². The van der Waals surface area contributed by atoms with Gasteiger partial charge < -0.3 is 5.32 Å². The third-order valence-electron chi connectivity index (χ3n) is 4.15. The number of aromatic nitrogens is 1. The minimum Gasteiger partial charge on any atom is -0.312 e. The van der Waals surface area contributed by atoms with Crippen LogP contribution in [0.4, 0.5) is 0 Å². The topological polar surface area (TPSA) is 24.9 Å². The Balaban J connectivity index is 2.34. The van der Waals surface area contributed by atoms with Crippen molar-refractivity contribution < 1.29 is 0 Å². The maximum Gasteiger partial charge on any atom is 0.0962 e. The van der Waals surface area contributed by atoms with E-state index in [0.717, 1.165) is 6.42 Å². The second-order valence-corrected chi connectivity index (χ2v) is 7.33. The Bertz CT molecular complexity index is 405. The molecule has 0 bridgehead atoms. The third kappa shape index (κ3) is 2.62. The molecule has 3 heteroatoms.